The fourth-order valence-corrected chi connectivity index (χ4v) is 3.65. The Hall–Kier alpha value is -1.89. The van der Waals surface area contributed by atoms with Crippen LogP contribution in [0.1, 0.15) is 11.3 Å². The van der Waals surface area contributed by atoms with Gasteiger partial charge in [-0.2, -0.15) is 0 Å². The summed E-state index contributed by atoms with van der Waals surface area (Å²) >= 11 is 0. The summed E-state index contributed by atoms with van der Waals surface area (Å²) in [6.07, 6.45) is 1.65. The molecule has 0 bridgehead atoms. The summed E-state index contributed by atoms with van der Waals surface area (Å²) in [5.41, 5.74) is 3.82. The first kappa shape index (κ1) is 16.6. The van der Waals surface area contributed by atoms with Crippen LogP contribution in [0.2, 0.25) is 0 Å². The average Bonchev–Trinajstić information content (AvgIpc) is 3.18. The molecule has 6 heteroatoms. The number of para-hydroxylation sites is 1. The summed E-state index contributed by atoms with van der Waals surface area (Å²) in [7, 11) is 0. The Bertz CT molecular complexity index is 647. The fraction of sp³-hybridized carbons (Fsp3) is 0.526. The van der Waals surface area contributed by atoms with Gasteiger partial charge in [0.25, 0.3) is 0 Å². The van der Waals surface area contributed by atoms with Crippen molar-refractivity contribution < 1.29 is 9.26 Å². The van der Waals surface area contributed by atoms with Crippen molar-refractivity contribution in [3.8, 4) is 0 Å². The van der Waals surface area contributed by atoms with Crippen LogP contribution < -0.4 is 4.90 Å². The molecule has 2 aliphatic heterocycles. The number of morpholine rings is 1. The molecule has 6 nitrogen and oxygen atoms in total. The van der Waals surface area contributed by atoms with E-state index in [0.29, 0.717) is 0 Å². The molecule has 4 rings (SSSR count). The van der Waals surface area contributed by atoms with Crippen LogP contribution in [0.3, 0.4) is 0 Å². The summed E-state index contributed by atoms with van der Waals surface area (Å²) < 4.78 is 10.4. The van der Waals surface area contributed by atoms with Gasteiger partial charge in [-0.15, -0.1) is 0 Å². The molecule has 0 unspecified atom stereocenters. The molecule has 0 N–H and O–H groups in total. The van der Waals surface area contributed by atoms with Crippen LogP contribution in [0, 0.1) is 0 Å². The molecule has 134 valence electrons. The number of anilines is 1. The maximum absolute atomic E-state index is 5.50. The molecule has 0 aliphatic carbocycles. The van der Waals surface area contributed by atoms with E-state index in [-0.39, 0.29) is 0 Å². The van der Waals surface area contributed by atoms with Crippen molar-refractivity contribution in [1.82, 2.24) is 15.0 Å². The standard InChI is InChI=1S/C19H26N4O2/c1-2-4-19(23-10-13-24-14-11-23)17(3-1)15-21-6-8-22(9-7-21)16-18-5-12-25-20-18/h1-5,12H,6-11,13-16H2. The largest absolute Gasteiger partial charge is 0.378 e. The van der Waals surface area contributed by atoms with Gasteiger partial charge >= 0.3 is 0 Å². The first-order valence-electron chi connectivity index (χ1n) is 9.13. The van der Waals surface area contributed by atoms with Crippen molar-refractivity contribution >= 4 is 5.69 Å². The SMILES string of the molecule is c1ccc(N2CCOCC2)c(CN2CCN(Cc3ccon3)CC2)c1. The molecular weight excluding hydrogens is 316 g/mol. The highest BCUT2D eigenvalue weighted by atomic mass is 16.5. The summed E-state index contributed by atoms with van der Waals surface area (Å²) in [6.45, 7) is 9.87. The molecule has 0 spiro atoms. The van der Waals surface area contributed by atoms with Gasteiger partial charge in [-0.1, -0.05) is 23.4 Å². The Morgan fingerprint density at radius 3 is 2.28 bits per heavy atom. The number of nitrogens with zero attached hydrogens (tertiary/aromatic N) is 4. The van der Waals surface area contributed by atoms with Crippen LogP contribution in [0.25, 0.3) is 0 Å². The Kier molecular flexibility index (Phi) is 5.30. The van der Waals surface area contributed by atoms with E-state index in [4.69, 9.17) is 9.26 Å². The second kappa shape index (κ2) is 7.99. The van der Waals surface area contributed by atoms with Crippen molar-refractivity contribution in [2.45, 2.75) is 13.1 Å². The Balaban J connectivity index is 1.34. The highest BCUT2D eigenvalue weighted by Gasteiger charge is 2.20. The van der Waals surface area contributed by atoms with Crippen molar-refractivity contribution in [2.24, 2.45) is 0 Å². The molecule has 1 aromatic carbocycles. The maximum atomic E-state index is 5.50. The number of benzene rings is 1. The number of rotatable bonds is 5. The third kappa shape index (κ3) is 4.21. The van der Waals surface area contributed by atoms with E-state index in [1.165, 1.54) is 11.3 Å². The van der Waals surface area contributed by atoms with Gasteiger partial charge in [-0.25, -0.2) is 0 Å². The first-order valence-corrected chi connectivity index (χ1v) is 9.13. The van der Waals surface area contributed by atoms with Crippen molar-refractivity contribution in [3.63, 3.8) is 0 Å². The van der Waals surface area contributed by atoms with Crippen molar-refractivity contribution in [2.75, 3.05) is 57.4 Å². The molecule has 0 radical (unpaired) electrons. The molecule has 0 atom stereocenters. The highest BCUT2D eigenvalue weighted by molar-refractivity contribution is 5.53. The van der Waals surface area contributed by atoms with Gasteiger partial charge in [0.15, 0.2) is 0 Å². The lowest BCUT2D eigenvalue weighted by Crippen LogP contribution is -2.45. The zero-order valence-electron chi connectivity index (χ0n) is 14.6. The summed E-state index contributed by atoms with van der Waals surface area (Å²) in [5, 5.41) is 4.01. The van der Waals surface area contributed by atoms with Gasteiger partial charge in [-0.05, 0) is 11.6 Å². The van der Waals surface area contributed by atoms with Gasteiger partial charge in [0.2, 0.25) is 0 Å². The molecule has 0 saturated carbocycles. The zero-order valence-corrected chi connectivity index (χ0v) is 14.6. The molecule has 1 aromatic heterocycles. The first-order chi connectivity index (χ1) is 12.4. The molecule has 2 aromatic rings. The number of aromatic nitrogens is 1. The third-order valence-corrected chi connectivity index (χ3v) is 5.08. The van der Waals surface area contributed by atoms with E-state index in [0.717, 1.165) is 71.3 Å². The van der Waals surface area contributed by atoms with E-state index in [1.54, 1.807) is 6.26 Å². The van der Waals surface area contributed by atoms with Gasteiger partial charge in [0.1, 0.15) is 6.26 Å². The minimum absolute atomic E-state index is 0.828. The molecule has 2 fully saturated rings. The van der Waals surface area contributed by atoms with E-state index in [1.807, 2.05) is 6.07 Å². The molecule has 2 saturated heterocycles. The molecule has 25 heavy (non-hydrogen) atoms. The highest BCUT2D eigenvalue weighted by Crippen LogP contribution is 2.23. The van der Waals surface area contributed by atoms with Crippen LogP contribution in [0.5, 0.6) is 0 Å². The van der Waals surface area contributed by atoms with E-state index < -0.39 is 0 Å². The summed E-state index contributed by atoms with van der Waals surface area (Å²) in [5.74, 6) is 0. The fourth-order valence-electron chi connectivity index (χ4n) is 3.65. The van der Waals surface area contributed by atoms with Crippen LogP contribution in [-0.4, -0.2) is 67.4 Å². The van der Waals surface area contributed by atoms with Gasteiger partial charge in [-0.3, -0.25) is 9.80 Å². The van der Waals surface area contributed by atoms with Crippen LogP contribution >= 0.6 is 0 Å². The monoisotopic (exact) mass is 342 g/mol. The number of piperazine rings is 1. The third-order valence-electron chi connectivity index (χ3n) is 5.08. The lowest BCUT2D eigenvalue weighted by Gasteiger charge is -2.36. The van der Waals surface area contributed by atoms with Gasteiger partial charge < -0.3 is 14.2 Å². The molecule has 0 amide bonds. The van der Waals surface area contributed by atoms with Crippen LogP contribution in [0.4, 0.5) is 5.69 Å². The second-order valence-electron chi connectivity index (χ2n) is 6.77. The van der Waals surface area contributed by atoms with E-state index in [9.17, 15) is 0 Å². The molecule has 3 heterocycles. The quantitative estimate of drug-likeness (QED) is 0.826. The normalized spacial score (nSPS) is 20.1. The predicted octanol–water partition coefficient (Wildman–Crippen LogP) is 1.83. The molecular formula is C19H26N4O2. The zero-order chi connectivity index (χ0) is 16.9. The predicted molar refractivity (Wildman–Crippen MR) is 96.5 cm³/mol. The average molecular weight is 342 g/mol. The van der Waals surface area contributed by atoms with Crippen LogP contribution in [0.15, 0.2) is 41.1 Å². The number of hydrogen-bond acceptors (Lipinski definition) is 6. The maximum Gasteiger partial charge on any atom is 0.124 e. The molecule has 2 aliphatic rings. The topological polar surface area (TPSA) is 45.0 Å². The smallest absolute Gasteiger partial charge is 0.124 e. The summed E-state index contributed by atoms with van der Waals surface area (Å²) in [6, 6.07) is 10.8. The van der Waals surface area contributed by atoms with E-state index in [2.05, 4.69) is 44.1 Å². The van der Waals surface area contributed by atoms with Crippen molar-refractivity contribution in [1.29, 1.82) is 0 Å². The van der Waals surface area contributed by atoms with Gasteiger partial charge in [0.05, 0.1) is 18.9 Å². The number of ether oxygens (including phenoxy) is 1. The second-order valence-corrected chi connectivity index (χ2v) is 6.77. The minimum Gasteiger partial charge on any atom is -0.378 e. The van der Waals surface area contributed by atoms with Crippen molar-refractivity contribution in [3.05, 3.63) is 47.9 Å². The minimum atomic E-state index is 0.828. The van der Waals surface area contributed by atoms with Crippen LogP contribution in [-0.2, 0) is 17.8 Å². The lowest BCUT2D eigenvalue weighted by atomic mass is 10.1. The van der Waals surface area contributed by atoms with E-state index >= 15 is 0 Å². The Morgan fingerprint density at radius 1 is 0.840 bits per heavy atom. The van der Waals surface area contributed by atoms with Gasteiger partial charge in [0, 0.05) is 64.1 Å². The Labute approximate surface area is 148 Å². The number of hydrogen-bond donors (Lipinski definition) is 0. The summed E-state index contributed by atoms with van der Waals surface area (Å²) in [4.78, 5) is 7.46. The Morgan fingerprint density at radius 2 is 1.56 bits per heavy atom. The lowest BCUT2D eigenvalue weighted by molar-refractivity contribution is 0.118.